The van der Waals surface area contributed by atoms with Crippen LogP contribution in [0.15, 0.2) is 35.2 Å². The van der Waals surface area contributed by atoms with Gasteiger partial charge in [0.1, 0.15) is 10.6 Å². The zero-order valence-electron chi connectivity index (χ0n) is 14.3. The zero-order valence-corrected chi connectivity index (χ0v) is 15.1. The van der Waals surface area contributed by atoms with E-state index in [-0.39, 0.29) is 10.9 Å². The van der Waals surface area contributed by atoms with Crippen molar-refractivity contribution in [2.45, 2.75) is 57.4 Å². The van der Waals surface area contributed by atoms with E-state index in [9.17, 15) is 8.42 Å². The first-order valence-corrected chi connectivity index (χ1v) is 9.77. The third kappa shape index (κ3) is 4.58. The summed E-state index contributed by atoms with van der Waals surface area (Å²) in [4.78, 5) is 0.278. The predicted molar refractivity (Wildman–Crippen MR) is 93.3 cm³/mol. The largest absolute Gasteiger partial charge is 0.492 e. The summed E-state index contributed by atoms with van der Waals surface area (Å²) in [7, 11) is -3.55. The van der Waals surface area contributed by atoms with E-state index in [1.807, 2.05) is 32.9 Å². The fourth-order valence-electron chi connectivity index (χ4n) is 2.73. The normalized spacial score (nSPS) is 21.4. The third-order valence-electron chi connectivity index (χ3n) is 3.97. The fraction of sp³-hybridized carbons (Fsp3) is 0.556. The lowest BCUT2D eigenvalue weighted by Crippen LogP contribution is -2.37. The monoisotopic (exact) mass is 337 g/mol. The van der Waals surface area contributed by atoms with Crippen LogP contribution < -0.4 is 4.74 Å². The molecule has 0 saturated heterocycles. The van der Waals surface area contributed by atoms with Crippen molar-refractivity contribution in [3.63, 3.8) is 0 Å². The van der Waals surface area contributed by atoms with E-state index >= 15 is 0 Å². The number of allylic oxidation sites excluding steroid dienone is 1. The van der Waals surface area contributed by atoms with E-state index in [0.29, 0.717) is 18.9 Å². The molecule has 2 rings (SSSR count). The Morgan fingerprint density at radius 3 is 2.61 bits per heavy atom. The second-order valence-electron chi connectivity index (χ2n) is 6.26. The van der Waals surface area contributed by atoms with Crippen molar-refractivity contribution in [1.29, 1.82) is 0 Å². The van der Waals surface area contributed by atoms with Gasteiger partial charge in [-0.1, -0.05) is 18.2 Å². The average Bonchev–Trinajstić information content (AvgIpc) is 2.48. The van der Waals surface area contributed by atoms with Gasteiger partial charge in [0.15, 0.2) is 0 Å². The van der Waals surface area contributed by atoms with Crippen LogP contribution in [-0.2, 0) is 10.0 Å². The number of hydrogen-bond acceptors (Lipinski definition) is 3. The smallest absolute Gasteiger partial charge is 0.246 e. The van der Waals surface area contributed by atoms with Gasteiger partial charge in [0.25, 0.3) is 0 Å². The number of nitrogens with zero attached hydrogens (tertiary/aromatic N) is 1. The summed E-state index contributed by atoms with van der Waals surface area (Å²) in [6.45, 7) is 6.82. The molecule has 0 radical (unpaired) electrons. The molecular formula is C18H27NO3S. The van der Waals surface area contributed by atoms with Crippen molar-refractivity contribution in [2.75, 3.05) is 13.2 Å². The Kier molecular flexibility index (Phi) is 6.25. The summed E-state index contributed by atoms with van der Waals surface area (Å²) < 4.78 is 33.6. The van der Waals surface area contributed by atoms with Gasteiger partial charge in [0, 0.05) is 12.6 Å². The molecule has 1 aromatic rings. The Hall–Kier alpha value is -1.33. The van der Waals surface area contributed by atoms with Crippen molar-refractivity contribution >= 4 is 10.0 Å². The number of ether oxygens (including phenoxy) is 1. The van der Waals surface area contributed by atoms with Crippen LogP contribution in [0.1, 0.15) is 45.1 Å². The van der Waals surface area contributed by atoms with Crippen molar-refractivity contribution in [1.82, 2.24) is 4.31 Å². The Morgan fingerprint density at radius 1 is 1.13 bits per heavy atom. The maximum atomic E-state index is 13.1. The summed E-state index contributed by atoms with van der Waals surface area (Å²) in [5.74, 6) is 0.461. The molecule has 1 aliphatic heterocycles. The fourth-order valence-corrected chi connectivity index (χ4v) is 4.52. The highest BCUT2D eigenvalue weighted by Crippen LogP contribution is 2.29. The molecule has 0 unspecified atom stereocenters. The topological polar surface area (TPSA) is 46.6 Å². The minimum absolute atomic E-state index is 0.0742. The first kappa shape index (κ1) is 18.0. The van der Waals surface area contributed by atoms with E-state index in [2.05, 4.69) is 12.2 Å². The molecule has 4 nitrogen and oxygen atoms in total. The van der Waals surface area contributed by atoms with Crippen LogP contribution in [0.3, 0.4) is 0 Å². The second-order valence-corrected chi connectivity index (χ2v) is 8.12. The van der Waals surface area contributed by atoms with Crippen LogP contribution in [0.2, 0.25) is 0 Å². The number of hydrogen-bond donors (Lipinski definition) is 0. The van der Waals surface area contributed by atoms with E-state index in [1.165, 1.54) is 0 Å². The Bertz CT molecular complexity index is 650. The van der Waals surface area contributed by atoms with Gasteiger partial charge in [-0.05, 0) is 64.2 Å². The SMILES string of the molecule is Cc1ccc2c(c1)OCC/C=C/CCCCN(C(C)C)S2(=O)=O. The predicted octanol–water partition coefficient (Wildman–Crippen LogP) is 3.90. The lowest BCUT2D eigenvalue weighted by atomic mass is 10.2. The highest BCUT2D eigenvalue weighted by Gasteiger charge is 2.29. The first-order chi connectivity index (χ1) is 10.9. The Balaban J connectivity index is 2.45. The Labute approximate surface area is 140 Å². The standard InChI is InChI=1S/C18H27NO3S/c1-15(2)19-12-8-6-4-5-7-9-13-22-17-14-16(3)10-11-18(17)23(19,20)21/h5,7,10-11,14-15H,4,6,8-9,12-13H2,1-3H3/b7-5+. The van der Waals surface area contributed by atoms with Crippen LogP contribution in [0.25, 0.3) is 0 Å². The molecule has 0 atom stereocenters. The van der Waals surface area contributed by atoms with Crippen molar-refractivity contribution < 1.29 is 13.2 Å². The van der Waals surface area contributed by atoms with Gasteiger partial charge < -0.3 is 4.74 Å². The lowest BCUT2D eigenvalue weighted by molar-refractivity contribution is 0.311. The molecule has 0 fully saturated rings. The van der Waals surface area contributed by atoms with E-state index in [4.69, 9.17) is 4.74 Å². The molecule has 5 heteroatoms. The highest BCUT2D eigenvalue weighted by atomic mass is 32.2. The summed E-state index contributed by atoms with van der Waals surface area (Å²) in [5, 5.41) is 0. The molecule has 0 aliphatic carbocycles. The molecule has 0 bridgehead atoms. The molecular weight excluding hydrogens is 310 g/mol. The number of benzene rings is 1. The zero-order chi connectivity index (χ0) is 16.9. The van der Waals surface area contributed by atoms with Gasteiger partial charge >= 0.3 is 0 Å². The molecule has 1 heterocycles. The number of aryl methyl sites for hydroxylation is 1. The Morgan fingerprint density at radius 2 is 1.87 bits per heavy atom. The summed E-state index contributed by atoms with van der Waals surface area (Å²) in [6, 6.07) is 5.24. The maximum absolute atomic E-state index is 13.1. The molecule has 0 spiro atoms. The molecule has 0 N–H and O–H groups in total. The molecule has 128 valence electrons. The quantitative estimate of drug-likeness (QED) is 0.730. The third-order valence-corrected chi connectivity index (χ3v) is 6.08. The number of fused-ring (bicyclic) bond motifs is 1. The summed E-state index contributed by atoms with van der Waals surface area (Å²) in [5.41, 5.74) is 0.995. The molecule has 0 aromatic heterocycles. The second kappa shape index (κ2) is 7.97. The van der Waals surface area contributed by atoms with Gasteiger partial charge in [-0.15, -0.1) is 0 Å². The minimum Gasteiger partial charge on any atom is -0.492 e. The summed E-state index contributed by atoms with van der Waals surface area (Å²) >= 11 is 0. The van der Waals surface area contributed by atoms with Gasteiger partial charge in [-0.25, -0.2) is 8.42 Å². The summed E-state index contributed by atoms with van der Waals surface area (Å²) in [6.07, 6.45) is 7.91. The van der Waals surface area contributed by atoms with Gasteiger partial charge in [-0.3, -0.25) is 0 Å². The van der Waals surface area contributed by atoms with Crippen LogP contribution in [0, 0.1) is 6.92 Å². The first-order valence-electron chi connectivity index (χ1n) is 8.33. The van der Waals surface area contributed by atoms with Crippen LogP contribution >= 0.6 is 0 Å². The van der Waals surface area contributed by atoms with E-state index < -0.39 is 10.0 Å². The lowest BCUT2D eigenvalue weighted by Gasteiger charge is -2.27. The average molecular weight is 337 g/mol. The maximum Gasteiger partial charge on any atom is 0.246 e. The van der Waals surface area contributed by atoms with E-state index in [1.54, 1.807) is 10.4 Å². The highest BCUT2D eigenvalue weighted by molar-refractivity contribution is 7.89. The van der Waals surface area contributed by atoms with Crippen molar-refractivity contribution in [3.05, 3.63) is 35.9 Å². The van der Waals surface area contributed by atoms with Crippen LogP contribution in [0.4, 0.5) is 0 Å². The number of rotatable bonds is 1. The van der Waals surface area contributed by atoms with Gasteiger partial charge in [0.05, 0.1) is 6.61 Å². The van der Waals surface area contributed by atoms with Crippen LogP contribution in [0.5, 0.6) is 5.75 Å². The molecule has 1 aromatic carbocycles. The van der Waals surface area contributed by atoms with Crippen molar-refractivity contribution in [3.8, 4) is 5.75 Å². The molecule has 0 saturated carbocycles. The van der Waals surface area contributed by atoms with Gasteiger partial charge in [0.2, 0.25) is 10.0 Å². The van der Waals surface area contributed by atoms with E-state index in [0.717, 1.165) is 31.2 Å². The molecule has 1 aliphatic rings. The number of sulfonamides is 1. The minimum atomic E-state index is -3.55. The van der Waals surface area contributed by atoms with Crippen molar-refractivity contribution in [2.24, 2.45) is 0 Å². The van der Waals surface area contributed by atoms with Crippen LogP contribution in [-0.4, -0.2) is 31.9 Å². The molecule has 0 amide bonds. The van der Waals surface area contributed by atoms with Gasteiger partial charge in [-0.2, -0.15) is 4.31 Å². The molecule has 23 heavy (non-hydrogen) atoms.